The summed E-state index contributed by atoms with van der Waals surface area (Å²) in [7, 11) is 10.2. The lowest BCUT2D eigenvalue weighted by molar-refractivity contribution is 0.0693. The molecule has 0 saturated carbocycles. The third-order valence-electron chi connectivity index (χ3n) is 6.59. The first kappa shape index (κ1) is 45.4. The van der Waals surface area contributed by atoms with Gasteiger partial charge in [0.2, 0.25) is 0 Å². The molecule has 0 rings (SSSR count). The summed E-state index contributed by atoms with van der Waals surface area (Å²) in [4.78, 5) is 6.09. The molecule has 44 heavy (non-hydrogen) atoms. The average molecular weight is 769 g/mol. The first-order valence-electron chi connectivity index (χ1n) is 15.8. The summed E-state index contributed by atoms with van der Waals surface area (Å²) >= 11 is 11.7. The maximum atomic E-state index is 6.09. The maximum Gasteiger partial charge on any atom is 0.500 e. The molecule has 0 fully saturated rings. The summed E-state index contributed by atoms with van der Waals surface area (Å²) in [5.74, 6) is 2.62. The van der Waals surface area contributed by atoms with Crippen LogP contribution in [-0.4, -0.2) is 117 Å². The molecule has 0 bridgehead atoms. The third kappa shape index (κ3) is 18.8. The van der Waals surface area contributed by atoms with Gasteiger partial charge >= 0.3 is 17.6 Å². The number of nitrogens with zero attached hydrogens (tertiary/aromatic N) is 2. The molecule has 2 unspecified atom stereocenters. The maximum absolute atomic E-state index is 6.09. The van der Waals surface area contributed by atoms with Gasteiger partial charge in [0.15, 0.2) is 0 Å². The van der Waals surface area contributed by atoms with E-state index in [0.717, 1.165) is 59.3 Å². The van der Waals surface area contributed by atoms with Crippen molar-refractivity contribution in [3.8, 4) is 0 Å². The fourth-order valence-corrected chi connectivity index (χ4v) is 16.8. The van der Waals surface area contributed by atoms with Crippen LogP contribution in [0.3, 0.4) is 0 Å². The van der Waals surface area contributed by atoms with Crippen LogP contribution in [0, 0.1) is 11.8 Å². The summed E-state index contributed by atoms with van der Waals surface area (Å²) in [5.41, 5.74) is 0. The zero-order chi connectivity index (χ0) is 33.4. The standard InChI is InChI=1S/C28H60N2O6S6Si2/c1-11-31-43(32-12-2,33-13-3)23-19-25(27(37)29(7)8)17-21-39-41-42-40-22-18-26(28(38)30(9)10)20-24-44(34-14-4,35-15-5)36-16-6/h25-26H,11-24H2,1-10H3. The van der Waals surface area contributed by atoms with Crippen LogP contribution in [0.15, 0.2) is 0 Å². The molecule has 2 atom stereocenters. The fraction of sp³-hybridized carbons (Fsp3) is 0.929. The molecule has 8 nitrogen and oxygen atoms in total. The minimum atomic E-state index is -2.69. The predicted octanol–water partition coefficient (Wildman–Crippen LogP) is 8.33. The molecule has 0 radical (unpaired) electrons. The topological polar surface area (TPSA) is 61.9 Å². The second-order valence-electron chi connectivity index (χ2n) is 10.3. The van der Waals surface area contributed by atoms with Crippen molar-refractivity contribution in [2.45, 2.75) is 79.3 Å². The van der Waals surface area contributed by atoms with E-state index >= 15 is 0 Å². The lowest BCUT2D eigenvalue weighted by Crippen LogP contribution is -2.46. The van der Waals surface area contributed by atoms with Crippen LogP contribution in [0.25, 0.3) is 0 Å². The van der Waals surface area contributed by atoms with Crippen LogP contribution in [0.4, 0.5) is 0 Å². The summed E-state index contributed by atoms with van der Waals surface area (Å²) in [6.07, 6.45) is 3.84. The number of hydrogen-bond donors (Lipinski definition) is 0. The van der Waals surface area contributed by atoms with Crippen LogP contribution in [0.5, 0.6) is 0 Å². The van der Waals surface area contributed by atoms with E-state index in [1.165, 1.54) is 0 Å². The second-order valence-corrected chi connectivity index (χ2v) is 22.8. The van der Waals surface area contributed by atoms with Gasteiger partial charge in [0, 0.05) is 103 Å². The minimum absolute atomic E-state index is 0.285. The molecule has 0 aliphatic rings. The van der Waals surface area contributed by atoms with Gasteiger partial charge in [-0.1, -0.05) is 46.0 Å². The second kappa shape index (κ2) is 27.2. The van der Waals surface area contributed by atoms with E-state index in [-0.39, 0.29) is 11.8 Å². The van der Waals surface area contributed by atoms with Crippen LogP contribution < -0.4 is 0 Å². The quantitative estimate of drug-likeness (QED) is 0.0317. The number of hydrogen-bond acceptors (Lipinski definition) is 12. The van der Waals surface area contributed by atoms with E-state index in [0.29, 0.717) is 39.6 Å². The van der Waals surface area contributed by atoms with Crippen molar-refractivity contribution in [2.75, 3.05) is 79.3 Å². The molecule has 0 aliphatic carbocycles. The normalized spacial score (nSPS) is 13.6. The monoisotopic (exact) mass is 768 g/mol. The first-order valence-corrected chi connectivity index (χ1v) is 25.7. The SMILES string of the molecule is CCO[Si](CCC(CCSSSSCCC(CC[Si](OCC)(OCC)OCC)C(=S)N(C)C)C(=S)N(C)C)(OCC)OCC. The molecule has 0 N–H and O–H groups in total. The number of rotatable bonds is 29. The summed E-state index contributed by atoms with van der Waals surface area (Å²) in [6.45, 7) is 15.6. The van der Waals surface area contributed by atoms with Crippen LogP contribution >= 0.6 is 65.7 Å². The van der Waals surface area contributed by atoms with Crippen LogP contribution in [0.1, 0.15) is 67.2 Å². The molecule has 0 heterocycles. The Balaban J connectivity index is 4.88. The lowest BCUT2D eigenvalue weighted by Gasteiger charge is -2.31. The van der Waals surface area contributed by atoms with E-state index in [1.54, 1.807) is 0 Å². The molecule has 0 aromatic heterocycles. The van der Waals surface area contributed by atoms with Crippen molar-refractivity contribution in [3.05, 3.63) is 0 Å². The Hall–Kier alpha value is 1.37. The molecule has 0 amide bonds. The Bertz CT molecular complexity index is 669. The highest BCUT2D eigenvalue weighted by Crippen LogP contribution is 2.44. The van der Waals surface area contributed by atoms with Gasteiger partial charge in [-0.25, -0.2) is 0 Å². The zero-order valence-corrected chi connectivity index (χ0v) is 35.7. The largest absolute Gasteiger partial charge is 0.500 e. The van der Waals surface area contributed by atoms with Crippen molar-refractivity contribution in [2.24, 2.45) is 11.8 Å². The van der Waals surface area contributed by atoms with E-state index in [9.17, 15) is 0 Å². The Kier molecular flexibility index (Phi) is 28.1. The molecule has 16 heteroatoms. The Labute approximate surface area is 298 Å². The van der Waals surface area contributed by atoms with Gasteiger partial charge in [0.25, 0.3) is 0 Å². The Morgan fingerprint density at radius 3 is 1.02 bits per heavy atom. The van der Waals surface area contributed by atoms with Gasteiger partial charge in [-0.05, 0) is 86.9 Å². The minimum Gasteiger partial charge on any atom is -0.374 e. The summed E-state index contributed by atoms with van der Waals surface area (Å²) in [6, 6.07) is 1.56. The van der Waals surface area contributed by atoms with Gasteiger partial charge in [0.05, 0.1) is 9.98 Å². The highest BCUT2D eigenvalue weighted by molar-refractivity contribution is 9.26. The summed E-state index contributed by atoms with van der Waals surface area (Å²) in [5, 5.41) is 0. The van der Waals surface area contributed by atoms with Gasteiger partial charge in [-0.3, -0.25) is 0 Å². The predicted molar refractivity (Wildman–Crippen MR) is 209 cm³/mol. The molecule has 0 aromatic carbocycles. The fourth-order valence-electron chi connectivity index (χ4n) is 4.71. The average Bonchev–Trinajstić information content (AvgIpc) is 2.97. The van der Waals surface area contributed by atoms with Crippen LogP contribution in [0.2, 0.25) is 12.1 Å². The molecule has 0 aliphatic heterocycles. The smallest absolute Gasteiger partial charge is 0.374 e. The molecule has 0 saturated heterocycles. The van der Waals surface area contributed by atoms with Crippen molar-refractivity contribution in [1.29, 1.82) is 0 Å². The van der Waals surface area contributed by atoms with Crippen molar-refractivity contribution in [3.63, 3.8) is 0 Å². The molecule has 0 spiro atoms. The van der Waals surface area contributed by atoms with Gasteiger partial charge in [-0.15, -0.1) is 0 Å². The first-order chi connectivity index (χ1) is 21.0. The van der Waals surface area contributed by atoms with Crippen molar-refractivity contribution < 1.29 is 26.6 Å². The summed E-state index contributed by atoms with van der Waals surface area (Å²) < 4.78 is 36.5. The van der Waals surface area contributed by atoms with Gasteiger partial charge in [-0.2, -0.15) is 0 Å². The van der Waals surface area contributed by atoms with Gasteiger partial charge < -0.3 is 36.4 Å². The van der Waals surface area contributed by atoms with E-state index in [1.807, 2.05) is 111 Å². The highest BCUT2D eigenvalue weighted by Gasteiger charge is 2.42. The van der Waals surface area contributed by atoms with Crippen molar-refractivity contribution >= 4 is 93.3 Å². The molecule has 0 aromatic rings. The van der Waals surface area contributed by atoms with Crippen molar-refractivity contribution in [1.82, 2.24) is 9.80 Å². The molecular weight excluding hydrogens is 709 g/mol. The zero-order valence-electron chi connectivity index (χ0n) is 28.8. The van der Waals surface area contributed by atoms with E-state index in [4.69, 9.17) is 51.0 Å². The van der Waals surface area contributed by atoms with Gasteiger partial charge in [0.1, 0.15) is 0 Å². The number of thiocarbonyl (C=S) groups is 2. The Morgan fingerprint density at radius 2 is 0.795 bits per heavy atom. The third-order valence-corrected chi connectivity index (χ3v) is 20.7. The highest BCUT2D eigenvalue weighted by atomic mass is 33.7. The van der Waals surface area contributed by atoms with E-state index < -0.39 is 17.6 Å². The van der Waals surface area contributed by atoms with Crippen LogP contribution in [-0.2, 0) is 26.6 Å². The molecule has 262 valence electrons. The van der Waals surface area contributed by atoms with E-state index in [2.05, 4.69) is 9.80 Å². The molecular formula is C28H60N2O6S6Si2. The Morgan fingerprint density at radius 1 is 0.523 bits per heavy atom. The lowest BCUT2D eigenvalue weighted by atomic mass is 10.0.